The normalized spacial score (nSPS) is 28.9. The third-order valence-corrected chi connectivity index (χ3v) is 5.02. The van der Waals surface area contributed by atoms with Crippen LogP contribution in [-0.4, -0.2) is 42.4 Å². The van der Waals surface area contributed by atoms with Crippen LogP contribution < -0.4 is 10.2 Å². The van der Waals surface area contributed by atoms with E-state index < -0.39 is 0 Å². The Hall–Kier alpha value is -0.400. The Balaban J connectivity index is 1.47. The fraction of sp³-hybridized carbons (Fsp3) is 0.615. The van der Waals surface area contributed by atoms with Crippen LogP contribution in [0.15, 0.2) is 18.3 Å². The molecule has 4 nitrogen and oxygen atoms in total. The molecule has 1 aromatic heterocycles. The molecule has 1 N–H and O–H groups in total. The van der Waals surface area contributed by atoms with Crippen LogP contribution in [0, 0.1) is 3.57 Å². The van der Waals surface area contributed by atoms with E-state index in [9.17, 15) is 0 Å². The maximum absolute atomic E-state index is 5.23. The second-order valence-corrected chi connectivity index (χ2v) is 6.75. The van der Waals surface area contributed by atoms with Crippen molar-refractivity contribution in [3.8, 4) is 0 Å². The standard InChI is InChI=1S/C13H16IN3O/c14-9-1-2-12(15-5-9)17-6-11(13(17)3-4-13)16-10-7-18-8-10/h1-2,5,10-11,16H,3-4,6-8H2. The van der Waals surface area contributed by atoms with E-state index >= 15 is 0 Å². The average molecular weight is 357 g/mol. The van der Waals surface area contributed by atoms with E-state index in [0.717, 1.165) is 25.6 Å². The number of ether oxygens (including phenoxy) is 1. The molecule has 5 heteroatoms. The zero-order valence-electron chi connectivity index (χ0n) is 10.1. The van der Waals surface area contributed by atoms with Crippen LogP contribution in [0.4, 0.5) is 5.82 Å². The first-order valence-corrected chi connectivity index (χ1v) is 7.59. The van der Waals surface area contributed by atoms with Crippen LogP contribution >= 0.6 is 22.6 Å². The lowest BCUT2D eigenvalue weighted by molar-refractivity contribution is -0.0154. The van der Waals surface area contributed by atoms with Crippen LogP contribution in [0.3, 0.4) is 0 Å². The summed E-state index contributed by atoms with van der Waals surface area (Å²) in [5.74, 6) is 1.14. The van der Waals surface area contributed by atoms with E-state index in [-0.39, 0.29) is 0 Å². The van der Waals surface area contributed by atoms with Gasteiger partial charge in [-0.25, -0.2) is 4.98 Å². The Morgan fingerprint density at radius 2 is 2.22 bits per heavy atom. The summed E-state index contributed by atoms with van der Waals surface area (Å²) < 4.78 is 6.43. The van der Waals surface area contributed by atoms with E-state index in [1.807, 2.05) is 6.20 Å². The predicted octanol–water partition coefficient (Wildman–Crippen LogP) is 1.40. The first-order chi connectivity index (χ1) is 8.78. The van der Waals surface area contributed by atoms with Crippen LogP contribution in [0.25, 0.3) is 0 Å². The second-order valence-electron chi connectivity index (χ2n) is 5.50. The molecule has 96 valence electrons. The molecule has 0 radical (unpaired) electrons. The van der Waals surface area contributed by atoms with Crippen molar-refractivity contribution in [1.29, 1.82) is 0 Å². The quantitative estimate of drug-likeness (QED) is 0.830. The van der Waals surface area contributed by atoms with Crippen molar-refractivity contribution in [2.24, 2.45) is 0 Å². The summed E-state index contributed by atoms with van der Waals surface area (Å²) in [5.41, 5.74) is 0.370. The van der Waals surface area contributed by atoms with E-state index in [2.05, 4.69) is 49.9 Å². The van der Waals surface area contributed by atoms with Gasteiger partial charge in [-0.3, -0.25) is 0 Å². The molecular formula is C13H16IN3O. The highest BCUT2D eigenvalue weighted by molar-refractivity contribution is 14.1. The molecular weight excluding hydrogens is 341 g/mol. The monoisotopic (exact) mass is 357 g/mol. The Morgan fingerprint density at radius 3 is 2.78 bits per heavy atom. The summed E-state index contributed by atoms with van der Waals surface area (Å²) in [7, 11) is 0. The fourth-order valence-corrected chi connectivity index (χ4v) is 3.35. The Morgan fingerprint density at radius 1 is 1.39 bits per heavy atom. The highest BCUT2D eigenvalue weighted by Crippen LogP contribution is 2.53. The Bertz CT molecular complexity index is 456. The molecule has 0 bridgehead atoms. The molecule has 0 aromatic carbocycles. The zero-order chi connectivity index (χ0) is 12.2. The van der Waals surface area contributed by atoms with Gasteiger partial charge >= 0.3 is 0 Å². The van der Waals surface area contributed by atoms with Crippen LogP contribution in [0.2, 0.25) is 0 Å². The minimum atomic E-state index is 0.370. The van der Waals surface area contributed by atoms with E-state index in [0.29, 0.717) is 17.6 Å². The molecule has 18 heavy (non-hydrogen) atoms. The maximum Gasteiger partial charge on any atom is 0.129 e. The number of pyridine rings is 1. The molecule has 0 amide bonds. The number of rotatable bonds is 3. The molecule has 1 atom stereocenters. The zero-order valence-corrected chi connectivity index (χ0v) is 12.3. The number of nitrogens with one attached hydrogen (secondary N) is 1. The minimum absolute atomic E-state index is 0.370. The minimum Gasteiger partial charge on any atom is -0.378 e. The van der Waals surface area contributed by atoms with Crippen molar-refractivity contribution in [1.82, 2.24) is 10.3 Å². The van der Waals surface area contributed by atoms with Gasteiger partial charge in [-0.1, -0.05) is 0 Å². The van der Waals surface area contributed by atoms with E-state index in [1.165, 1.54) is 16.4 Å². The molecule has 1 aromatic rings. The molecule has 2 saturated heterocycles. The van der Waals surface area contributed by atoms with Gasteiger partial charge in [0.05, 0.1) is 24.8 Å². The summed E-state index contributed by atoms with van der Waals surface area (Å²) in [5, 5.41) is 3.72. The first-order valence-electron chi connectivity index (χ1n) is 6.51. The van der Waals surface area contributed by atoms with Crippen molar-refractivity contribution in [3.63, 3.8) is 0 Å². The lowest BCUT2D eigenvalue weighted by Gasteiger charge is -2.52. The van der Waals surface area contributed by atoms with Crippen molar-refractivity contribution in [3.05, 3.63) is 21.9 Å². The SMILES string of the molecule is Ic1ccc(N2CC(NC3COC3)C23CC3)nc1. The first kappa shape index (κ1) is 11.4. The maximum atomic E-state index is 5.23. The summed E-state index contributed by atoms with van der Waals surface area (Å²) in [4.78, 5) is 7.02. The van der Waals surface area contributed by atoms with Gasteiger partial charge < -0.3 is 15.0 Å². The Kier molecular flexibility index (Phi) is 2.57. The van der Waals surface area contributed by atoms with Gasteiger partial charge in [0.15, 0.2) is 0 Å². The van der Waals surface area contributed by atoms with Gasteiger partial charge in [0.25, 0.3) is 0 Å². The topological polar surface area (TPSA) is 37.4 Å². The molecule has 3 aliphatic rings. The molecule has 4 rings (SSSR count). The number of hydrogen-bond acceptors (Lipinski definition) is 4. The summed E-state index contributed by atoms with van der Waals surface area (Å²) in [6.45, 7) is 2.85. The van der Waals surface area contributed by atoms with Gasteiger partial charge in [-0.15, -0.1) is 0 Å². The van der Waals surface area contributed by atoms with Crippen LogP contribution in [-0.2, 0) is 4.74 Å². The lowest BCUT2D eigenvalue weighted by atomic mass is 9.92. The summed E-state index contributed by atoms with van der Waals surface area (Å²) in [6.07, 6.45) is 4.55. The smallest absolute Gasteiger partial charge is 0.129 e. The van der Waals surface area contributed by atoms with Gasteiger partial charge in [0.1, 0.15) is 5.82 Å². The molecule has 3 heterocycles. The summed E-state index contributed by atoms with van der Waals surface area (Å²) >= 11 is 2.30. The second kappa shape index (κ2) is 4.05. The van der Waals surface area contributed by atoms with Gasteiger partial charge in [-0.2, -0.15) is 0 Å². The van der Waals surface area contributed by atoms with Gasteiger partial charge in [-0.05, 0) is 47.6 Å². The molecule has 2 aliphatic heterocycles. The molecule has 1 unspecified atom stereocenters. The number of aromatic nitrogens is 1. The average Bonchev–Trinajstić information content (AvgIpc) is 3.10. The number of halogens is 1. The highest BCUT2D eigenvalue weighted by atomic mass is 127. The highest BCUT2D eigenvalue weighted by Gasteiger charge is 2.62. The third-order valence-electron chi connectivity index (χ3n) is 4.38. The molecule has 3 fully saturated rings. The molecule has 1 saturated carbocycles. The number of nitrogens with zero attached hydrogens (tertiary/aromatic N) is 2. The Labute approximate surface area is 120 Å². The van der Waals surface area contributed by atoms with Crippen LogP contribution in [0.5, 0.6) is 0 Å². The molecule has 1 aliphatic carbocycles. The van der Waals surface area contributed by atoms with Crippen molar-refractivity contribution < 1.29 is 4.74 Å². The van der Waals surface area contributed by atoms with E-state index in [1.54, 1.807) is 0 Å². The van der Waals surface area contributed by atoms with Gasteiger partial charge in [0.2, 0.25) is 0 Å². The van der Waals surface area contributed by atoms with Crippen molar-refractivity contribution >= 4 is 28.4 Å². The van der Waals surface area contributed by atoms with E-state index in [4.69, 9.17) is 4.74 Å². The third kappa shape index (κ3) is 1.67. The largest absolute Gasteiger partial charge is 0.378 e. The molecule has 1 spiro atoms. The fourth-order valence-electron chi connectivity index (χ4n) is 3.03. The number of anilines is 1. The lowest BCUT2D eigenvalue weighted by Crippen LogP contribution is -2.71. The summed E-state index contributed by atoms with van der Waals surface area (Å²) in [6, 6.07) is 5.50. The van der Waals surface area contributed by atoms with Crippen molar-refractivity contribution in [2.75, 3.05) is 24.7 Å². The van der Waals surface area contributed by atoms with Gasteiger partial charge in [0, 0.05) is 22.4 Å². The number of hydrogen-bond donors (Lipinski definition) is 1. The predicted molar refractivity (Wildman–Crippen MR) is 77.8 cm³/mol. The van der Waals surface area contributed by atoms with Crippen molar-refractivity contribution in [2.45, 2.75) is 30.5 Å². The van der Waals surface area contributed by atoms with Crippen LogP contribution in [0.1, 0.15) is 12.8 Å².